The molecule has 9 heteroatoms. The predicted octanol–water partition coefficient (Wildman–Crippen LogP) is 0.794. The minimum absolute atomic E-state index is 0.205. The molecular weight excluding hydrogens is 374 g/mol. The van der Waals surface area contributed by atoms with E-state index in [2.05, 4.69) is 4.98 Å². The molecule has 1 saturated heterocycles. The zero-order chi connectivity index (χ0) is 20.9. The highest BCUT2D eigenvalue weighted by Crippen LogP contribution is 2.24. The highest BCUT2D eigenvalue weighted by molar-refractivity contribution is 6.19. The van der Waals surface area contributed by atoms with Crippen LogP contribution in [-0.4, -0.2) is 30.5 Å². The first-order valence-electron chi connectivity index (χ1n) is 9.06. The van der Waals surface area contributed by atoms with E-state index < -0.39 is 11.2 Å². The number of hydrogen-bond donors (Lipinski definition) is 0. The zero-order valence-corrected chi connectivity index (χ0v) is 16.2. The first-order chi connectivity index (χ1) is 13.8. The van der Waals surface area contributed by atoms with Gasteiger partial charge in [-0.25, -0.2) is 9.78 Å². The van der Waals surface area contributed by atoms with E-state index in [0.717, 1.165) is 10.1 Å². The number of amides is 2. The number of anilines is 1. The molecule has 29 heavy (non-hydrogen) atoms. The summed E-state index contributed by atoms with van der Waals surface area (Å²) in [6, 6.07) is 7.06. The van der Waals surface area contributed by atoms with E-state index in [4.69, 9.17) is 0 Å². The average Bonchev–Trinajstić information content (AvgIpc) is 3.22. The van der Waals surface area contributed by atoms with Gasteiger partial charge in [0.1, 0.15) is 5.82 Å². The van der Waals surface area contributed by atoms with Gasteiger partial charge in [0.2, 0.25) is 11.8 Å². The molecule has 148 valence electrons. The predicted molar refractivity (Wildman–Crippen MR) is 108 cm³/mol. The number of fused-ring (bicyclic) bond motifs is 1. The van der Waals surface area contributed by atoms with Gasteiger partial charge in [-0.05, 0) is 23.8 Å². The third-order valence-electron chi connectivity index (χ3n) is 5.11. The fourth-order valence-electron chi connectivity index (χ4n) is 3.49. The van der Waals surface area contributed by atoms with E-state index in [1.807, 2.05) is 6.07 Å². The number of carbonyl (C=O) groups is 2. The van der Waals surface area contributed by atoms with Crippen LogP contribution in [-0.2, 0) is 30.7 Å². The lowest BCUT2D eigenvalue weighted by Crippen LogP contribution is -2.37. The Bertz CT molecular complexity index is 1310. The topological polar surface area (TPSA) is 99.2 Å². The standard InChI is InChI=1S/C20H19N5O4/c1-22-14(21-18-17(22)19(28)24(3)20(29)23(18)2)8-7-12-5-4-6-13(11-12)25-15(26)9-10-16(25)27/h4-8,11H,9-10H2,1-3H3/b8-7+. The Morgan fingerprint density at radius 2 is 1.59 bits per heavy atom. The van der Waals surface area contributed by atoms with Gasteiger partial charge in [-0.1, -0.05) is 18.2 Å². The van der Waals surface area contributed by atoms with Gasteiger partial charge in [-0.15, -0.1) is 0 Å². The second-order valence-corrected chi connectivity index (χ2v) is 6.96. The lowest BCUT2D eigenvalue weighted by atomic mass is 10.1. The molecular formula is C20H19N5O4. The normalized spacial score (nSPS) is 14.7. The van der Waals surface area contributed by atoms with Crippen LogP contribution in [0.4, 0.5) is 5.69 Å². The number of rotatable bonds is 3. The largest absolute Gasteiger partial charge is 0.332 e. The third-order valence-corrected chi connectivity index (χ3v) is 5.11. The Kier molecular flexibility index (Phi) is 4.30. The summed E-state index contributed by atoms with van der Waals surface area (Å²) in [5, 5.41) is 0. The molecule has 2 amide bonds. The molecule has 0 aliphatic carbocycles. The van der Waals surface area contributed by atoms with E-state index in [0.29, 0.717) is 22.7 Å². The Morgan fingerprint density at radius 1 is 0.897 bits per heavy atom. The Labute approximate surface area is 165 Å². The number of imidazole rings is 1. The molecule has 0 N–H and O–H groups in total. The summed E-state index contributed by atoms with van der Waals surface area (Å²) in [5.74, 6) is 0.0866. The summed E-state index contributed by atoms with van der Waals surface area (Å²) in [7, 11) is 4.70. The van der Waals surface area contributed by atoms with Gasteiger partial charge >= 0.3 is 5.69 Å². The molecule has 9 nitrogen and oxygen atoms in total. The fraction of sp³-hybridized carbons (Fsp3) is 0.250. The van der Waals surface area contributed by atoms with E-state index in [1.165, 1.54) is 16.5 Å². The van der Waals surface area contributed by atoms with E-state index in [-0.39, 0.29) is 24.7 Å². The van der Waals surface area contributed by atoms with Gasteiger partial charge in [-0.2, -0.15) is 0 Å². The van der Waals surface area contributed by atoms with Gasteiger partial charge in [0.05, 0.1) is 5.69 Å². The molecule has 0 spiro atoms. The van der Waals surface area contributed by atoms with Gasteiger partial charge in [0, 0.05) is 34.0 Å². The summed E-state index contributed by atoms with van der Waals surface area (Å²) in [6.45, 7) is 0. The van der Waals surface area contributed by atoms with Crippen molar-refractivity contribution in [2.75, 3.05) is 4.90 Å². The van der Waals surface area contributed by atoms with Crippen LogP contribution in [0, 0.1) is 0 Å². The maximum atomic E-state index is 12.5. The third kappa shape index (κ3) is 2.91. The van der Waals surface area contributed by atoms with Crippen molar-refractivity contribution in [3.63, 3.8) is 0 Å². The molecule has 0 radical (unpaired) electrons. The second-order valence-electron chi connectivity index (χ2n) is 6.96. The van der Waals surface area contributed by atoms with Crippen molar-refractivity contribution in [1.82, 2.24) is 18.7 Å². The van der Waals surface area contributed by atoms with Crippen molar-refractivity contribution in [3.05, 3.63) is 56.5 Å². The van der Waals surface area contributed by atoms with Crippen molar-refractivity contribution in [2.45, 2.75) is 12.8 Å². The highest BCUT2D eigenvalue weighted by Gasteiger charge is 2.30. The van der Waals surface area contributed by atoms with Crippen LogP contribution in [0.5, 0.6) is 0 Å². The molecule has 1 aliphatic rings. The maximum Gasteiger partial charge on any atom is 0.332 e. The number of benzene rings is 1. The van der Waals surface area contributed by atoms with Crippen LogP contribution in [0.2, 0.25) is 0 Å². The summed E-state index contributed by atoms with van der Waals surface area (Å²) in [5.41, 5.74) is 1.08. The number of hydrogen-bond acceptors (Lipinski definition) is 5. The molecule has 1 aromatic carbocycles. The Balaban J connectivity index is 1.75. The van der Waals surface area contributed by atoms with Gasteiger partial charge in [-0.3, -0.25) is 28.4 Å². The van der Waals surface area contributed by atoms with Gasteiger partial charge in [0.15, 0.2) is 11.2 Å². The summed E-state index contributed by atoms with van der Waals surface area (Å²) in [6.07, 6.45) is 3.95. The van der Waals surface area contributed by atoms with Crippen LogP contribution >= 0.6 is 0 Å². The van der Waals surface area contributed by atoms with E-state index in [9.17, 15) is 19.2 Å². The molecule has 2 aromatic heterocycles. The summed E-state index contributed by atoms with van der Waals surface area (Å²) < 4.78 is 4.01. The molecule has 0 saturated carbocycles. The minimum Gasteiger partial charge on any atom is -0.322 e. The highest BCUT2D eigenvalue weighted by atomic mass is 16.2. The van der Waals surface area contributed by atoms with Crippen LogP contribution < -0.4 is 16.1 Å². The summed E-state index contributed by atoms with van der Waals surface area (Å²) >= 11 is 0. The van der Waals surface area contributed by atoms with E-state index in [1.54, 1.807) is 49.0 Å². The van der Waals surface area contributed by atoms with Gasteiger partial charge < -0.3 is 4.57 Å². The fourth-order valence-corrected chi connectivity index (χ4v) is 3.49. The SMILES string of the molecule is Cn1c(=O)c2c(nc(/C=C/c3cccc(N4C(=O)CCC4=O)c3)n2C)n(C)c1=O. The molecule has 4 rings (SSSR count). The molecule has 1 aliphatic heterocycles. The molecule has 0 unspecified atom stereocenters. The quantitative estimate of drug-likeness (QED) is 0.613. The summed E-state index contributed by atoms with van der Waals surface area (Å²) in [4.78, 5) is 54.1. The lowest BCUT2D eigenvalue weighted by Gasteiger charge is -2.14. The lowest BCUT2D eigenvalue weighted by molar-refractivity contribution is -0.121. The van der Waals surface area contributed by atoms with Crippen molar-refractivity contribution >= 4 is 40.8 Å². The molecule has 3 aromatic rings. The number of aryl methyl sites for hydroxylation is 2. The van der Waals surface area contributed by atoms with Crippen molar-refractivity contribution in [1.29, 1.82) is 0 Å². The number of carbonyl (C=O) groups excluding carboxylic acids is 2. The molecule has 3 heterocycles. The smallest absolute Gasteiger partial charge is 0.322 e. The van der Waals surface area contributed by atoms with Crippen LogP contribution in [0.3, 0.4) is 0 Å². The monoisotopic (exact) mass is 393 g/mol. The van der Waals surface area contributed by atoms with Crippen molar-refractivity contribution < 1.29 is 9.59 Å². The minimum atomic E-state index is -0.441. The van der Waals surface area contributed by atoms with Crippen LogP contribution in [0.1, 0.15) is 24.2 Å². The number of imide groups is 1. The molecule has 0 bridgehead atoms. The van der Waals surface area contributed by atoms with Crippen LogP contribution in [0.25, 0.3) is 23.3 Å². The average molecular weight is 393 g/mol. The molecule has 1 fully saturated rings. The Morgan fingerprint density at radius 3 is 2.28 bits per heavy atom. The van der Waals surface area contributed by atoms with Gasteiger partial charge in [0.25, 0.3) is 5.56 Å². The van der Waals surface area contributed by atoms with Crippen LogP contribution in [0.15, 0.2) is 33.9 Å². The zero-order valence-electron chi connectivity index (χ0n) is 16.2. The number of nitrogens with zero attached hydrogens (tertiary/aromatic N) is 5. The maximum absolute atomic E-state index is 12.5. The second kappa shape index (κ2) is 6.69. The number of aromatic nitrogens is 4. The van der Waals surface area contributed by atoms with Crippen molar-refractivity contribution in [3.8, 4) is 0 Å². The first kappa shape index (κ1) is 18.6. The van der Waals surface area contributed by atoms with Crippen molar-refractivity contribution in [2.24, 2.45) is 21.1 Å². The Hall–Kier alpha value is -3.75. The first-order valence-corrected chi connectivity index (χ1v) is 9.06. The molecule has 0 atom stereocenters. The van der Waals surface area contributed by atoms with E-state index >= 15 is 0 Å².